The first kappa shape index (κ1) is 22.5. The van der Waals surface area contributed by atoms with Crippen LogP contribution in [0.2, 0.25) is 0 Å². The van der Waals surface area contributed by atoms with Crippen molar-refractivity contribution < 1.29 is 14.3 Å². The molecule has 0 saturated carbocycles. The molecule has 0 atom stereocenters. The predicted octanol–water partition coefficient (Wildman–Crippen LogP) is 1.73. The van der Waals surface area contributed by atoms with Crippen LogP contribution in [0.15, 0.2) is 9.70 Å². The quantitative estimate of drug-likeness (QED) is 0.480. The number of amides is 1. The van der Waals surface area contributed by atoms with Gasteiger partial charge in [-0.15, -0.1) is 0 Å². The number of hydrogen-bond acceptors (Lipinski definition) is 8. The van der Waals surface area contributed by atoms with Gasteiger partial charge in [-0.05, 0) is 25.5 Å². The lowest BCUT2D eigenvalue weighted by molar-refractivity contribution is -0.122. The second-order valence-corrected chi connectivity index (χ2v) is 8.50. The highest BCUT2D eigenvalue weighted by Gasteiger charge is 2.33. The largest absolute Gasteiger partial charge is 0.383 e. The van der Waals surface area contributed by atoms with Crippen LogP contribution in [0.1, 0.15) is 23.6 Å². The Hall–Kier alpha value is -2.19. The topological polar surface area (TPSA) is 87.8 Å². The number of carbonyl (C=O) groups is 1. The molecule has 0 aliphatic carbocycles. The molecule has 2 aliphatic rings. The highest BCUT2D eigenvalue weighted by Crippen LogP contribution is 2.35. The third-order valence-electron chi connectivity index (χ3n) is 5.14. The highest BCUT2D eigenvalue weighted by molar-refractivity contribution is 8.26. The lowest BCUT2D eigenvalue weighted by atomic mass is 10.0. The van der Waals surface area contributed by atoms with Crippen LogP contribution in [-0.4, -0.2) is 66.3 Å². The van der Waals surface area contributed by atoms with E-state index in [1.54, 1.807) is 24.7 Å². The summed E-state index contributed by atoms with van der Waals surface area (Å²) in [7, 11) is 1.57. The number of ether oxygens (including phenoxy) is 2. The number of hydrogen-bond donors (Lipinski definition) is 0. The molecule has 0 N–H and O–H groups in total. The summed E-state index contributed by atoms with van der Waals surface area (Å²) in [4.78, 5) is 29.9. The summed E-state index contributed by atoms with van der Waals surface area (Å²) in [6, 6.07) is 2.04. The maximum absolute atomic E-state index is 12.9. The van der Waals surface area contributed by atoms with Crippen LogP contribution < -0.4 is 10.5 Å². The van der Waals surface area contributed by atoms with E-state index in [2.05, 4.69) is 4.90 Å². The molecule has 30 heavy (non-hydrogen) atoms. The number of nitrogens with zero attached hydrogens (tertiary/aromatic N) is 4. The average Bonchev–Trinajstić information content (AvgIpc) is 3.01. The molecule has 160 valence electrons. The van der Waals surface area contributed by atoms with Crippen molar-refractivity contribution in [2.75, 3.05) is 51.5 Å². The van der Waals surface area contributed by atoms with Crippen molar-refractivity contribution in [1.29, 1.82) is 5.26 Å². The minimum Gasteiger partial charge on any atom is -0.383 e. The lowest BCUT2D eigenvalue weighted by Gasteiger charge is -2.33. The second kappa shape index (κ2) is 9.75. The molecule has 2 saturated heterocycles. The number of morpholine rings is 1. The first-order chi connectivity index (χ1) is 14.4. The third kappa shape index (κ3) is 4.16. The van der Waals surface area contributed by atoms with E-state index in [1.807, 2.05) is 13.0 Å². The molecular formula is C20H24N4O4S2. The van der Waals surface area contributed by atoms with E-state index < -0.39 is 0 Å². The van der Waals surface area contributed by atoms with E-state index in [0.29, 0.717) is 72.2 Å². The van der Waals surface area contributed by atoms with Gasteiger partial charge in [-0.3, -0.25) is 19.1 Å². The van der Waals surface area contributed by atoms with Crippen LogP contribution in [0.25, 0.3) is 6.08 Å². The van der Waals surface area contributed by atoms with Gasteiger partial charge in [0.15, 0.2) is 0 Å². The molecule has 10 heteroatoms. The summed E-state index contributed by atoms with van der Waals surface area (Å²) in [6.07, 6.45) is 1.76. The third-order valence-corrected chi connectivity index (χ3v) is 6.52. The van der Waals surface area contributed by atoms with E-state index in [1.165, 1.54) is 16.7 Å². The van der Waals surface area contributed by atoms with Gasteiger partial charge in [-0.25, -0.2) is 0 Å². The van der Waals surface area contributed by atoms with E-state index in [-0.39, 0.29) is 17.0 Å². The van der Waals surface area contributed by atoms with Crippen LogP contribution in [-0.2, 0) is 20.8 Å². The molecule has 3 rings (SSSR count). The molecule has 2 fully saturated rings. The molecule has 1 aromatic heterocycles. The molecule has 1 aromatic rings. The van der Waals surface area contributed by atoms with Crippen LogP contribution >= 0.6 is 24.0 Å². The summed E-state index contributed by atoms with van der Waals surface area (Å²) in [5, 5.41) is 9.61. The molecule has 0 spiro atoms. The monoisotopic (exact) mass is 448 g/mol. The summed E-state index contributed by atoms with van der Waals surface area (Å²) in [5.41, 5.74) is 1.04. The molecule has 0 bridgehead atoms. The van der Waals surface area contributed by atoms with Gasteiger partial charge in [-0.1, -0.05) is 24.0 Å². The number of rotatable bonds is 6. The van der Waals surface area contributed by atoms with E-state index in [0.717, 1.165) is 0 Å². The zero-order valence-electron chi connectivity index (χ0n) is 17.3. The minimum atomic E-state index is -0.316. The van der Waals surface area contributed by atoms with Crippen molar-refractivity contribution >= 4 is 46.1 Å². The number of carbonyl (C=O) groups excluding carboxylic acids is 1. The number of pyridine rings is 1. The maximum atomic E-state index is 12.9. The van der Waals surface area contributed by atoms with Crippen molar-refractivity contribution in [2.24, 2.45) is 0 Å². The van der Waals surface area contributed by atoms with Crippen LogP contribution in [0.4, 0.5) is 5.82 Å². The number of anilines is 1. The summed E-state index contributed by atoms with van der Waals surface area (Å²) in [6.45, 7) is 7.15. The normalized spacial score (nSPS) is 18.4. The molecule has 8 nitrogen and oxygen atoms in total. The van der Waals surface area contributed by atoms with Crippen molar-refractivity contribution in [3.05, 3.63) is 31.9 Å². The van der Waals surface area contributed by atoms with Gasteiger partial charge in [0.2, 0.25) is 0 Å². The molecule has 0 radical (unpaired) electrons. The number of aromatic nitrogens is 1. The SMILES string of the molecule is CCn1c(N2CCOCC2)c(C=C2SC(=S)N(CCOC)C2=O)c(C)c(C#N)c1=O. The van der Waals surface area contributed by atoms with Gasteiger partial charge in [-0.2, -0.15) is 5.26 Å². The van der Waals surface area contributed by atoms with E-state index in [4.69, 9.17) is 21.7 Å². The summed E-state index contributed by atoms with van der Waals surface area (Å²) < 4.78 is 12.6. The standard InChI is InChI=1S/C20H24N4O4S2/c1-4-23-17(22-5-9-28-10-6-22)14(13(2)15(12-21)18(23)25)11-16-19(26)24(7-8-27-3)20(29)30-16/h11H,4-10H2,1-3H3. The van der Waals surface area contributed by atoms with Gasteiger partial charge in [0, 0.05) is 32.3 Å². The predicted molar refractivity (Wildman–Crippen MR) is 121 cm³/mol. The average molecular weight is 449 g/mol. The van der Waals surface area contributed by atoms with Gasteiger partial charge in [0.05, 0.1) is 31.3 Å². The lowest BCUT2D eigenvalue weighted by Crippen LogP contribution is -2.41. The smallest absolute Gasteiger partial charge is 0.270 e. The molecule has 2 aliphatic heterocycles. The van der Waals surface area contributed by atoms with Gasteiger partial charge >= 0.3 is 0 Å². The van der Waals surface area contributed by atoms with Crippen molar-refractivity contribution in [2.45, 2.75) is 20.4 Å². The Morgan fingerprint density at radius 3 is 2.63 bits per heavy atom. The Kier molecular flexibility index (Phi) is 7.31. The Labute approximate surface area is 185 Å². The number of thioether (sulfide) groups is 1. The zero-order valence-corrected chi connectivity index (χ0v) is 18.9. The first-order valence-electron chi connectivity index (χ1n) is 9.69. The number of nitriles is 1. The fourth-order valence-electron chi connectivity index (χ4n) is 3.56. The van der Waals surface area contributed by atoms with E-state index >= 15 is 0 Å². The van der Waals surface area contributed by atoms with Gasteiger partial charge in [0.1, 0.15) is 21.8 Å². The fourth-order valence-corrected chi connectivity index (χ4v) is 4.85. The Morgan fingerprint density at radius 1 is 1.33 bits per heavy atom. The minimum absolute atomic E-state index is 0.0926. The highest BCUT2D eigenvalue weighted by atomic mass is 32.2. The summed E-state index contributed by atoms with van der Waals surface area (Å²) in [5.74, 6) is 0.520. The van der Waals surface area contributed by atoms with Gasteiger partial charge in [0.25, 0.3) is 11.5 Å². The van der Waals surface area contributed by atoms with Crippen LogP contribution in [0, 0.1) is 18.3 Å². The molecule has 0 aromatic carbocycles. The van der Waals surface area contributed by atoms with Crippen molar-refractivity contribution in [3.8, 4) is 6.07 Å². The van der Waals surface area contributed by atoms with Crippen molar-refractivity contribution in [1.82, 2.24) is 9.47 Å². The maximum Gasteiger partial charge on any atom is 0.270 e. The summed E-state index contributed by atoms with van der Waals surface area (Å²) >= 11 is 6.59. The molecule has 0 unspecified atom stereocenters. The first-order valence-corrected chi connectivity index (χ1v) is 10.9. The molecular weight excluding hydrogens is 424 g/mol. The van der Waals surface area contributed by atoms with Gasteiger partial charge < -0.3 is 14.4 Å². The Bertz CT molecular complexity index is 990. The molecule has 1 amide bonds. The van der Waals surface area contributed by atoms with E-state index in [9.17, 15) is 14.9 Å². The van der Waals surface area contributed by atoms with Crippen LogP contribution in [0.3, 0.4) is 0 Å². The second-order valence-electron chi connectivity index (χ2n) is 6.82. The Balaban J connectivity index is 2.17. The van der Waals surface area contributed by atoms with Crippen molar-refractivity contribution in [3.63, 3.8) is 0 Å². The molecule has 3 heterocycles. The zero-order chi connectivity index (χ0) is 21.8. The fraction of sp³-hybridized carbons (Fsp3) is 0.500. The number of methoxy groups -OCH3 is 1. The number of thiocarbonyl (C=S) groups is 1. The van der Waals surface area contributed by atoms with Crippen LogP contribution in [0.5, 0.6) is 0 Å². The Morgan fingerprint density at radius 2 is 2.03 bits per heavy atom.